The first-order valence-corrected chi connectivity index (χ1v) is 9.68. The molecule has 2 aromatic carbocycles. The molecular weight excluding hydrogens is 368 g/mol. The van der Waals surface area contributed by atoms with Crippen LogP contribution in [-0.2, 0) is 0 Å². The van der Waals surface area contributed by atoms with E-state index in [1.807, 2.05) is 56.3 Å². The highest BCUT2D eigenvalue weighted by molar-refractivity contribution is 5.90. The van der Waals surface area contributed by atoms with Gasteiger partial charge in [-0.15, -0.1) is 0 Å². The first kappa shape index (κ1) is 19.0. The molecule has 1 aromatic heterocycles. The molecule has 0 spiro atoms. The topological polar surface area (TPSA) is 80.5 Å². The Bertz CT molecular complexity index is 1030. The van der Waals surface area contributed by atoms with Gasteiger partial charge in [0.15, 0.2) is 0 Å². The van der Waals surface area contributed by atoms with Crippen molar-refractivity contribution < 1.29 is 14.1 Å². The lowest BCUT2D eigenvalue weighted by Gasteiger charge is -2.22. The number of aromatic nitrogens is 2. The molecular formula is C22H24N4O3. The van der Waals surface area contributed by atoms with Crippen molar-refractivity contribution in [2.24, 2.45) is 0 Å². The second-order valence-electron chi connectivity index (χ2n) is 7.24. The normalized spacial score (nSPS) is 16.1. The molecule has 1 saturated heterocycles. The van der Waals surface area contributed by atoms with Gasteiger partial charge in [-0.05, 0) is 62.1 Å². The Morgan fingerprint density at radius 3 is 2.83 bits per heavy atom. The number of rotatable bonds is 4. The van der Waals surface area contributed by atoms with Crippen LogP contribution in [0.15, 0.2) is 47.0 Å². The van der Waals surface area contributed by atoms with Gasteiger partial charge in [0.2, 0.25) is 11.7 Å². The van der Waals surface area contributed by atoms with E-state index in [0.717, 1.165) is 29.7 Å². The Labute approximate surface area is 169 Å². The van der Waals surface area contributed by atoms with Gasteiger partial charge in [0, 0.05) is 12.2 Å². The largest absolute Gasteiger partial charge is 0.496 e. The van der Waals surface area contributed by atoms with Crippen LogP contribution in [0.2, 0.25) is 0 Å². The minimum Gasteiger partial charge on any atom is -0.496 e. The van der Waals surface area contributed by atoms with Crippen LogP contribution in [0.25, 0.3) is 11.4 Å². The van der Waals surface area contributed by atoms with Crippen LogP contribution in [0, 0.1) is 13.8 Å². The maximum atomic E-state index is 12.9. The molecule has 150 valence electrons. The van der Waals surface area contributed by atoms with E-state index in [4.69, 9.17) is 9.26 Å². The molecule has 2 heterocycles. The summed E-state index contributed by atoms with van der Waals surface area (Å²) in [5.41, 5.74) is 3.87. The van der Waals surface area contributed by atoms with Crippen LogP contribution >= 0.6 is 0 Å². The number of nitrogens with one attached hydrogen (secondary N) is 1. The Kier molecular flexibility index (Phi) is 5.20. The van der Waals surface area contributed by atoms with Crippen molar-refractivity contribution in [3.05, 3.63) is 59.5 Å². The van der Waals surface area contributed by atoms with Crippen molar-refractivity contribution >= 4 is 11.7 Å². The number of aryl methyl sites for hydroxylation is 2. The average Bonchev–Trinajstić information content (AvgIpc) is 3.40. The summed E-state index contributed by atoms with van der Waals surface area (Å²) in [6.45, 7) is 4.72. The fourth-order valence-electron chi connectivity index (χ4n) is 3.59. The number of amides is 2. The molecule has 3 aromatic rings. The molecule has 29 heavy (non-hydrogen) atoms. The van der Waals surface area contributed by atoms with Gasteiger partial charge >= 0.3 is 6.03 Å². The van der Waals surface area contributed by atoms with Gasteiger partial charge in [0.1, 0.15) is 11.8 Å². The molecule has 1 aliphatic heterocycles. The highest BCUT2D eigenvalue weighted by atomic mass is 16.5. The third kappa shape index (κ3) is 3.81. The number of para-hydroxylation sites is 1. The lowest BCUT2D eigenvalue weighted by Crippen LogP contribution is -2.34. The quantitative estimate of drug-likeness (QED) is 0.694. The van der Waals surface area contributed by atoms with E-state index in [0.29, 0.717) is 24.0 Å². The van der Waals surface area contributed by atoms with E-state index in [1.54, 1.807) is 12.0 Å². The minimum atomic E-state index is -0.238. The summed E-state index contributed by atoms with van der Waals surface area (Å²) in [5.74, 6) is 1.58. The van der Waals surface area contributed by atoms with Gasteiger partial charge in [0.05, 0.1) is 12.7 Å². The van der Waals surface area contributed by atoms with Crippen LogP contribution in [-0.4, -0.2) is 34.7 Å². The van der Waals surface area contributed by atoms with Crippen molar-refractivity contribution in [3.63, 3.8) is 0 Å². The summed E-state index contributed by atoms with van der Waals surface area (Å²) in [7, 11) is 1.61. The molecule has 1 aliphatic rings. The molecule has 2 amide bonds. The fraction of sp³-hybridized carbons (Fsp3) is 0.318. The average molecular weight is 392 g/mol. The summed E-state index contributed by atoms with van der Waals surface area (Å²) in [6, 6.07) is 13.0. The monoisotopic (exact) mass is 392 g/mol. The number of ether oxygens (including phenoxy) is 1. The number of urea groups is 1. The SMILES string of the molecule is COc1ccccc1-c1noc([C@@H]2CCCN2C(=O)Nc2ccc(C)c(C)c2)n1. The second kappa shape index (κ2) is 7.95. The first-order chi connectivity index (χ1) is 14.1. The molecule has 1 atom stereocenters. The van der Waals surface area contributed by atoms with Crippen LogP contribution < -0.4 is 10.1 Å². The van der Waals surface area contributed by atoms with Crippen molar-refractivity contribution in [2.75, 3.05) is 19.0 Å². The number of carbonyl (C=O) groups excluding carboxylic acids is 1. The lowest BCUT2D eigenvalue weighted by molar-refractivity contribution is 0.193. The van der Waals surface area contributed by atoms with Gasteiger partial charge in [-0.3, -0.25) is 0 Å². The maximum absolute atomic E-state index is 12.9. The number of nitrogens with zero attached hydrogens (tertiary/aromatic N) is 3. The standard InChI is InChI=1S/C22H24N4O3/c1-14-10-11-16(13-15(14)2)23-22(27)26-12-6-8-18(26)21-24-20(25-29-21)17-7-4-5-9-19(17)28-3/h4-5,7,9-11,13,18H,6,8,12H2,1-3H3,(H,23,27)/t18-/m0/s1. The van der Waals surface area contributed by atoms with Gasteiger partial charge in [0.25, 0.3) is 0 Å². The lowest BCUT2D eigenvalue weighted by atomic mass is 10.1. The number of hydrogen-bond acceptors (Lipinski definition) is 5. The van der Waals surface area contributed by atoms with Crippen LogP contribution in [0.4, 0.5) is 10.5 Å². The van der Waals surface area contributed by atoms with E-state index in [9.17, 15) is 4.79 Å². The van der Waals surface area contributed by atoms with Gasteiger partial charge < -0.3 is 19.5 Å². The molecule has 7 nitrogen and oxygen atoms in total. The highest BCUT2D eigenvalue weighted by Crippen LogP contribution is 2.34. The van der Waals surface area contributed by atoms with Gasteiger partial charge in [-0.2, -0.15) is 4.98 Å². The molecule has 0 radical (unpaired) electrons. The Morgan fingerprint density at radius 2 is 2.03 bits per heavy atom. The highest BCUT2D eigenvalue weighted by Gasteiger charge is 2.34. The van der Waals surface area contributed by atoms with Crippen molar-refractivity contribution in [1.29, 1.82) is 0 Å². The Morgan fingerprint density at radius 1 is 1.21 bits per heavy atom. The number of anilines is 1. The van der Waals surface area contributed by atoms with Crippen LogP contribution in [0.5, 0.6) is 5.75 Å². The summed E-state index contributed by atoms with van der Waals surface area (Å²) in [5, 5.41) is 7.10. The zero-order chi connectivity index (χ0) is 20.4. The number of carbonyl (C=O) groups is 1. The zero-order valence-corrected chi connectivity index (χ0v) is 16.8. The van der Waals surface area contributed by atoms with Crippen molar-refractivity contribution in [1.82, 2.24) is 15.0 Å². The zero-order valence-electron chi connectivity index (χ0n) is 16.8. The van der Waals surface area contributed by atoms with Crippen LogP contribution in [0.1, 0.15) is 35.9 Å². The van der Waals surface area contributed by atoms with Gasteiger partial charge in [-0.25, -0.2) is 4.79 Å². The van der Waals surface area contributed by atoms with E-state index in [1.165, 1.54) is 5.56 Å². The molecule has 1 N–H and O–H groups in total. The summed E-state index contributed by atoms with van der Waals surface area (Å²) < 4.78 is 10.9. The number of methoxy groups -OCH3 is 1. The summed E-state index contributed by atoms with van der Waals surface area (Å²) in [6.07, 6.45) is 1.67. The Hall–Kier alpha value is -3.35. The Balaban J connectivity index is 1.53. The van der Waals surface area contributed by atoms with Crippen LogP contribution in [0.3, 0.4) is 0 Å². The molecule has 1 fully saturated rings. The minimum absolute atomic E-state index is 0.159. The molecule has 4 rings (SSSR count). The van der Waals surface area contributed by atoms with Crippen molar-refractivity contribution in [2.45, 2.75) is 32.7 Å². The van der Waals surface area contributed by atoms with E-state index < -0.39 is 0 Å². The van der Waals surface area contributed by atoms with Gasteiger partial charge in [-0.1, -0.05) is 23.4 Å². The van der Waals surface area contributed by atoms with E-state index in [-0.39, 0.29) is 12.1 Å². The summed E-state index contributed by atoms with van der Waals surface area (Å²) >= 11 is 0. The van der Waals surface area contributed by atoms with Crippen molar-refractivity contribution in [3.8, 4) is 17.1 Å². The summed E-state index contributed by atoms with van der Waals surface area (Å²) in [4.78, 5) is 19.2. The molecule has 0 saturated carbocycles. The third-order valence-electron chi connectivity index (χ3n) is 5.35. The first-order valence-electron chi connectivity index (χ1n) is 9.68. The maximum Gasteiger partial charge on any atom is 0.322 e. The predicted molar refractivity (Wildman–Crippen MR) is 110 cm³/mol. The van der Waals surface area contributed by atoms with E-state index >= 15 is 0 Å². The second-order valence-corrected chi connectivity index (χ2v) is 7.24. The smallest absolute Gasteiger partial charge is 0.322 e. The molecule has 7 heteroatoms. The van der Waals surface area contributed by atoms with E-state index in [2.05, 4.69) is 15.5 Å². The molecule has 0 aliphatic carbocycles. The number of likely N-dealkylation sites (tertiary alicyclic amines) is 1. The molecule has 0 bridgehead atoms. The molecule has 0 unspecified atom stereocenters. The predicted octanol–water partition coefficient (Wildman–Crippen LogP) is 4.73. The number of benzene rings is 2. The number of hydrogen-bond donors (Lipinski definition) is 1. The fourth-order valence-corrected chi connectivity index (χ4v) is 3.59. The third-order valence-corrected chi connectivity index (χ3v) is 5.35.